The van der Waals surface area contributed by atoms with Gasteiger partial charge >= 0.3 is 0 Å². The van der Waals surface area contributed by atoms with Crippen LogP contribution in [0.2, 0.25) is 0 Å². The van der Waals surface area contributed by atoms with Gasteiger partial charge in [0.2, 0.25) is 10.0 Å². The number of benzene rings is 1. The molecule has 0 atom stereocenters. The summed E-state index contributed by atoms with van der Waals surface area (Å²) in [5.41, 5.74) is 1.34. The van der Waals surface area contributed by atoms with Crippen molar-refractivity contribution in [3.63, 3.8) is 0 Å². The van der Waals surface area contributed by atoms with Crippen molar-refractivity contribution in [1.29, 1.82) is 0 Å². The molecule has 1 N–H and O–H groups in total. The van der Waals surface area contributed by atoms with Gasteiger partial charge in [0.05, 0.1) is 5.75 Å². The number of nitrogens with one attached hydrogen (secondary N) is 1. The van der Waals surface area contributed by atoms with Gasteiger partial charge in [-0.25, -0.2) is 12.7 Å². The highest BCUT2D eigenvalue weighted by Gasteiger charge is 2.42. The van der Waals surface area contributed by atoms with Crippen LogP contribution in [0.5, 0.6) is 0 Å². The van der Waals surface area contributed by atoms with Crippen molar-refractivity contribution in [2.45, 2.75) is 25.7 Å². The number of hydrogen-bond donors (Lipinski definition) is 1. The second-order valence-electron chi connectivity index (χ2n) is 6.39. The molecular formula is C16H25ClN2O2S. The molecule has 2 fully saturated rings. The van der Waals surface area contributed by atoms with Crippen molar-refractivity contribution in [3.05, 3.63) is 35.9 Å². The van der Waals surface area contributed by atoms with Gasteiger partial charge in [-0.05, 0) is 49.8 Å². The molecule has 3 rings (SSSR count). The molecular weight excluding hydrogens is 320 g/mol. The zero-order valence-corrected chi connectivity index (χ0v) is 14.5. The van der Waals surface area contributed by atoms with Crippen LogP contribution in [0.15, 0.2) is 30.3 Å². The molecule has 0 unspecified atom stereocenters. The molecule has 2 heterocycles. The second-order valence-corrected chi connectivity index (χ2v) is 8.47. The van der Waals surface area contributed by atoms with E-state index in [-0.39, 0.29) is 23.6 Å². The van der Waals surface area contributed by atoms with Gasteiger partial charge in [0.25, 0.3) is 0 Å². The summed E-state index contributed by atoms with van der Waals surface area (Å²) >= 11 is 0. The summed E-state index contributed by atoms with van der Waals surface area (Å²) in [7, 11) is -3.12. The Morgan fingerprint density at radius 3 is 2.45 bits per heavy atom. The van der Waals surface area contributed by atoms with Gasteiger partial charge in [-0.3, -0.25) is 0 Å². The van der Waals surface area contributed by atoms with Crippen LogP contribution in [-0.2, 0) is 16.4 Å². The first-order valence-electron chi connectivity index (χ1n) is 7.82. The summed E-state index contributed by atoms with van der Waals surface area (Å²) in [6.45, 7) is 3.48. The van der Waals surface area contributed by atoms with Crippen molar-refractivity contribution < 1.29 is 8.42 Å². The summed E-state index contributed by atoms with van der Waals surface area (Å²) in [6, 6.07) is 9.87. The Morgan fingerprint density at radius 1 is 1.09 bits per heavy atom. The Balaban J connectivity index is 0.00000176. The third kappa shape index (κ3) is 4.02. The largest absolute Gasteiger partial charge is 0.317 e. The van der Waals surface area contributed by atoms with Crippen molar-refractivity contribution in [3.8, 4) is 0 Å². The Bertz CT molecular complexity index is 571. The number of piperidine rings is 1. The van der Waals surface area contributed by atoms with Crippen LogP contribution in [0.3, 0.4) is 0 Å². The number of sulfonamides is 1. The van der Waals surface area contributed by atoms with Gasteiger partial charge in [-0.15, -0.1) is 12.4 Å². The minimum Gasteiger partial charge on any atom is -0.317 e. The van der Waals surface area contributed by atoms with E-state index in [9.17, 15) is 8.42 Å². The van der Waals surface area contributed by atoms with E-state index >= 15 is 0 Å². The summed E-state index contributed by atoms with van der Waals surface area (Å²) < 4.78 is 26.8. The van der Waals surface area contributed by atoms with Crippen LogP contribution in [0, 0.1) is 5.41 Å². The van der Waals surface area contributed by atoms with E-state index in [0.29, 0.717) is 13.0 Å². The highest BCUT2D eigenvalue weighted by molar-refractivity contribution is 7.89. The zero-order valence-electron chi connectivity index (χ0n) is 12.8. The molecule has 2 aliphatic heterocycles. The van der Waals surface area contributed by atoms with Gasteiger partial charge in [-0.1, -0.05) is 30.3 Å². The van der Waals surface area contributed by atoms with Crippen LogP contribution >= 0.6 is 12.4 Å². The summed E-state index contributed by atoms with van der Waals surface area (Å²) in [5, 5.41) is 3.37. The average molecular weight is 345 g/mol. The standard InChI is InChI=1S/C16H24N2O2S.ClH/c19-21(20,13-6-15-4-2-1-3-5-15)18-12-9-16(14-18)7-10-17-11-8-16;/h1-5,17H,6-14H2;1H. The Kier molecular flexibility index (Phi) is 5.88. The second kappa shape index (κ2) is 7.30. The van der Waals surface area contributed by atoms with E-state index in [1.54, 1.807) is 4.31 Å². The molecule has 1 aromatic rings. The summed E-state index contributed by atoms with van der Waals surface area (Å²) in [5.74, 6) is 0.228. The molecule has 1 spiro atoms. The van der Waals surface area contributed by atoms with Gasteiger partial charge in [0, 0.05) is 13.1 Å². The fourth-order valence-electron chi connectivity index (χ4n) is 3.52. The van der Waals surface area contributed by atoms with Gasteiger partial charge in [0.15, 0.2) is 0 Å². The normalized spacial score (nSPS) is 21.6. The first-order chi connectivity index (χ1) is 10.1. The molecule has 0 bridgehead atoms. The predicted octanol–water partition coefficient (Wildman–Crippen LogP) is 2.06. The van der Waals surface area contributed by atoms with Crippen molar-refractivity contribution >= 4 is 22.4 Å². The van der Waals surface area contributed by atoms with Crippen LogP contribution in [0.25, 0.3) is 0 Å². The number of nitrogens with zero attached hydrogens (tertiary/aromatic N) is 1. The third-order valence-corrected chi connectivity index (χ3v) is 6.77. The highest BCUT2D eigenvalue weighted by atomic mass is 35.5. The van der Waals surface area contributed by atoms with Crippen LogP contribution in [0.1, 0.15) is 24.8 Å². The number of aryl methyl sites for hydroxylation is 1. The van der Waals surface area contributed by atoms with E-state index in [0.717, 1.165) is 44.5 Å². The van der Waals surface area contributed by atoms with E-state index in [1.165, 1.54) is 0 Å². The lowest BCUT2D eigenvalue weighted by Crippen LogP contribution is -2.40. The topological polar surface area (TPSA) is 49.4 Å². The smallest absolute Gasteiger partial charge is 0.214 e. The molecule has 22 heavy (non-hydrogen) atoms. The lowest BCUT2D eigenvalue weighted by Gasteiger charge is -2.33. The lowest BCUT2D eigenvalue weighted by atomic mass is 9.78. The fourth-order valence-corrected chi connectivity index (χ4v) is 5.11. The van der Waals surface area contributed by atoms with E-state index in [2.05, 4.69) is 5.32 Å². The SMILES string of the molecule is Cl.O=S(=O)(CCc1ccccc1)N1CCC2(CCNCC2)C1. The maximum atomic E-state index is 12.5. The third-order valence-electron chi connectivity index (χ3n) is 4.95. The minimum atomic E-state index is -3.12. The average Bonchev–Trinajstić information content (AvgIpc) is 2.92. The first kappa shape index (κ1) is 17.7. The molecule has 1 aromatic carbocycles. The molecule has 124 valence electrons. The number of halogens is 1. The van der Waals surface area contributed by atoms with Crippen LogP contribution in [0.4, 0.5) is 0 Å². The monoisotopic (exact) mass is 344 g/mol. The van der Waals surface area contributed by atoms with Gasteiger partial charge in [-0.2, -0.15) is 0 Å². The molecule has 0 aromatic heterocycles. The molecule has 2 saturated heterocycles. The number of hydrogen-bond acceptors (Lipinski definition) is 3. The maximum absolute atomic E-state index is 12.5. The molecule has 0 saturated carbocycles. The zero-order chi connectivity index (χ0) is 14.8. The van der Waals surface area contributed by atoms with Gasteiger partial charge < -0.3 is 5.32 Å². The summed E-state index contributed by atoms with van der Waals surface area (Å²) in [4.78, 5) is 0. The molecule has 6 heteroatoms. The van der Waals surface area contributed by atoms with E-state index in [4.69, 9.17) is 0 Å². The molecule has 0 amide bonds. The predicted molar refractivity (Wildman–Crippen MR) is 91.9 cm³/mol. The molecule has 4 nitrogen and oxygen atoms in total. The van der Waals surface area contributed by atoms with E-state index in [1.807, 2.05) is 30.3 Å². The fraction of sp³-hybridized carbons (Fsp3) is 0.625. The molecule has 2 aliphatic rings. The Hall–Kier alpha value is -0.620. The quantitative estimate of drug-likeness (QED) is 0.909. The van der Waals surface area contributed by atoms with Gasteiger partial charge in [0.1, 0.15) is 0 Å². The van der Waals surface area contributed by atoms with E-state index < -0.39 is 10.0 Å². The number of rotatable bonds is 4. The van der Waals surface area contributed by atoms with Crippen molar-refractivity contribution in [1.82, 2.24) is 9.62 Å². The molecule has 0 radical (unpaired) electrons. The lowest BCUT2D eigenvalue weighted by molar-refractivity contribution is 0.218. The highest BCUT2D eigenvalue weighted by Crippen LogP contribution is 2.39. The van der Waals surface area contributed by atoms with Crippen LogP contribution < -0.4 is 5.32 Å². The minimum absolute atomic E-state index is 0. The van der Waals surface area contributed by atoms with Crippen LogP contribution in [-0.4, -0.2) is 44.7 Å². The molecule has 0 aliphatic carbocycles. The van der Waals surface area contributed by atoms with Crippen molar-refractivity contribution in [2.24, 2.45) is 5.41 Å². The Labute approximate surface area is 139 Å². The summed E-state index contributed by atoms with van der Waals surface area (Å²) in [6.07, 6.45) is 3.85. The first-order valence-corrected chi connectivity index (χ1v) is 9.43. The Morgan fingerprint density at radius 2 is 1.77 bits per heavy atom. The van der Waals surface area contributed by atoms with Crippen molar-refractivity contribution in [2.75, 3.05) is 31.9 Å². The maximum Gasteiger partial charge on any atom is 0.214 e.